The Morgan fingerprint density at radius 3 is 2.44 bits per heavy atom. The van der Waals surface area contributed by atoms with Crippen LogP contribution in [0.25, 0.3) is 0 Å². The van der Waals surface area contributed by atoms with Gasteiger partial charge in [0.2, 0.25) is 0 Å². The number of carbonyl (C=O) groups excluding carboxylic acids is 1. The number of aryl methyl sites for hydroxylation is 2. The highest BCUT2D eigenvalue weighted by Crippen LogP contribution is 2.22. The van der Waals surface area contributed by atoms with E-state index in [0.29, 0.717) is 36.0 Å². The molecule has 1 unspecified atom stereocenters. The third-order valence-electron chi connectivity index (χ3n) is 6.16. The van der Waals surface area contributed by atoms with Gasteiger partial charge in [-0.15, -0.1) is 0 Å². The number of ether oxygens (including phenoxy) is 1. The molecule has 2 aliphatic rings. The highest BCUT2D eigenvalue weighted by molar-refractivity contribution is 7.92. The average molecular weight is 458 g/mol. The highest BCUT2D eigenvalue weighted by Gasteiger charge is 2.25. The Morgan fingerprint density at radius 2 is 1.78 bits per heavy atom. The van der Waals surface area contributed by atoms with Crippen molar-refractivity contribution in [1.82, 2.24) is 9.80 Å². The number of nitrogens with one attached hydrogen (secondary N) is 1. The molecule has 0 saturated carbocycles. The number of benzene rings is 2. The molecule has 2 aromatic carbocycles. The molecule has 1 amide bonds. The fraction of sp³-hybridized carbons (Fsp3) is 0.458. The number of anilines is 1. The summed E-state index contributed by atoms with van der Waals surface area (Å²) in [6, 6.07) is 12.0. The van der Waals surface area contributed by atoms with E-state index in [1.807, 2.05) is 17.9 Å². The predicted octanol–water partition coefficient (Wildman–Crippen LogP) is 3.04. The van der Waals surface area contributed by atoms with Gasteiger partial charge in [0, 0.05) is 50.6 Å². The molecule has 2 saturated heterocycles. The molecule has 2 aromatic rings. The highest BCUT2D eigenvalue weighted by atomic mass is 32.2. The molecule has 1 N–H and O–H groups in total. The third kappa shape index (κ3) is 5.31. The summed E-state index contributed by atoms with van der Waals surface area (Å²) in [4.78, 5) is 17.4. The van der Waals surface area contributed by atoms with E-state index in [2.05, 4.69) is 9.62 Å². The summed E-state index contributed by atoms with van der Waals surface area (Å²) in [6.07, 6.45) is 2.59. The van der Waals surface area contributed by atoms with Gasteiger partial charge in [0.05, 0.1) is 11.0 Å². The van der Waals surface area contributed by atoms with Gasteiger partial charge in [0.25, 0.3) is 15.9 Å². The number of piperazine rings is 1. The molecule has 2 fully saturated rings. The van der Waals surface area contributed by atoms with Crippen molar-refractivity contribution < 1.29 is 17.9 Å². The van der Waals surface area contributed by atoms with Gasteiger partial charge < -0.3 is 9.64 Å². The molecule has 2 aliphatic heterocycles. The van der Waals surface area contributed by atoms with Crippen molar-refractivity contribution >= 4 is 21.6 Å². The second-order valence-corrected chi connectivity index (χ2v) is 10.3. The van der Waals surface area contributed by atoms with Gasteiger partial charge in [-0.2, -0.15) is 0 Å². The Hall–Kier alpha value is -2.42. The fourth-order valence-corrected chi connectivity index (χ4v) is 5.67. The first kappa shape index (κ1) is 22.8. The van der Waals surface area contributed by atoms with Gasteiger partial charge in [-0.25, -0.2) is 8.42 Å². The van der Waals surface area contributed by atoms with E-state index >= 15 is 0 Å². The van der Waals surface area contributed by atoms with Crippen LogP contribution in [0.4, 0.5) is 5.69 Å². The van der Waals surface area contributed by atoms with Crippen LogP contribution in [0.15, 0.2) is 47.4 Å². The zero-order chi connectivity index (χ0) is 22.7. The molecule has 0 aromatic heterocycles. The molecule has 8 heteroatoms. The molecule has 4 rings (SSSR count). The molecular weight excluding hydrogens is 426 g/mol. The Labute approximate surface area is 190 Å². The van der Waals surface area contributed by atoms with Crippen molar-refractivity contribution in [2.75, 3.05) is 44.1 Å². The van der Waals surface area contributed by atoms with Crippen LogP contribution >= 0.6 is 0 Å². The number of hydrogen-bond donors (Lipinski definition) is 1. The van der Waals surface area contributed by atoms with Crippen LogP contribution in [-0.4, -0.2) is 69.6 Å². The molecule has 2 heterocycles. The number of amides is 1. The molecule has 32 heavy (non-hydrogen) atoms. The summed E-state index contributed by atoms with van der Waals surface area (Å²) in [5.41, 5.74) is 2.57. The first-order valence-electron chi connectivity index (χ1n) is 11.2. The summed E-state index contributed by atoms with van der Waals surface area (Å²) in [6.45, 7) is 8.51. The van der Waals surface area contributed by atoms with Crippen LogP contribution in [0.2, 0.25) is 0 Å². The first-order valence-corrected chi connectivity index (χ1v) is 12.6. The summed E-state index contributed by atoms with van der Waals surface area (Å²) in [5.74, 6) is -0.0225. The standard InChI is InChI=1S/C24H31N3O4S/c1-18-5-6-19(2)23(16-18)32(29,30)25-21-9-7-20(8-10-21)24(28)27-13-11-26(12-14-27)17-22-4-3-15-31-22/h5-10,16,22,25H,3-4,11-15,17H2,1-2H3. The minimum atomic E-state index is -3.70. The smallest absolute Gasteiger partial charge is 0.262 e. The number of sulfonamides is 1. The van der Waals surface area contributed by atoms with Crippen molar-refractivity contribution in [2.45, 2.75) is 37.7 Å². The summed E-state index contributed by atoms with van der Waals surface area (Å²) in [5, 5.41) is 0. The third-order valence-corrected chi connectivity index (χ3v) is 7.69. The van der Waals surface area contributed by atoms with E-state index in [4.69, 9.17) is 4.74 Å². The van der Waals surface area contributed by atoms with Crippen LogP contribution in [0.5, 0.6) is 0 Å². The molecule has 0 radical (unpaired) electrons. The minimum Gasteiger partial charge on any atom is -0.377 e. The lowest BCUT2D eigenvalue weighted by atomic mass is 10.1. The van der Waals surface area contributed by atoms with Crippen LogP contribution < -0.4 is 4.72 Å². The maximum absolute atomic E-state index is 12.9. The van der Waals surface area contributed by atoms with E-state index in [1.54, 1.807) is 43.3 Å². The quantitative estimate of drug-likeness (QED) is 0.721. The average Bonchev–Trinajstić information content (AvgIpc) is 3.29. The Bertz CT molecular complexity index is 1060. The molecule has 0 spiro atoms. The van der Waals surface area contributed by atoms with Crippen LogP contribution in [0, 0.1) is 13.8 Å². The van der Waals surface area contributed by atoms with Gasteiger partial charge in [-0.1, -0.05) is 12.1 Å². The zero-order valence-corrected chi connectivity index (χ0v) is 19.5. The number of rotatable bonds is 6. The number of carbonyl (C=O) groups is 1. The van der Waals surface area contributed by atoms with Crippen molar-refractivity contribution in [3.05, 3.63) is 59.2 Å². The van der Waals surface area contributed by atoms with E-state index in [0.717, 1.165) is 44.6 Å². The van der Waals surface area contributed by atoms with Gasteiger partial charge in [-0.05, 0) is 68.1 Å². The summed E-state index contributed by atoms with van der Waals surface area (Å²) >= 11 is 0. The largest absolute Gasteiger partial charge is 0.377 e. The second kappa shape index (κ2) is 9.60. The Balaban J connectivity index is 1.35. The SMILES string of the molecule is Cc1ccc(C)c(S(=O)(=O)Nc2ccc(C(=O)N3CCN(CC4CCCO4)CC3)cc2)c1. The topological polar surface area (TPSA) is 79.0 Å². The number of nitrogens with zero attached hydrogens (tertiary/aromatic N) is 2. The maximum Gasteiger partial charge on any atom is 0.262 e. The zero-order valence-electron chi connectivity index (χ0n) is 18.7. The van der Waals surface area contributed by atoms with Gasteiger partial charge in [0.1, 0.15) is 0 Å². The lowest BCUT2D eigenvalue weighted by molar-refractivity contribution is 0.0433. The van der Waals surface area contributed by atoms with Crippen LogP contribution in [-0.2, 0) is 14.8 Å². The lowest BCUT2D eigenvalue weighted by Crippen LogP contribution is -2.50. The molecule has 1 atom stereocenters. The van der Waals surface area contributed by atoms with E-state index in [1.165, 1.54) is 0 Å². The van der Waals surface area contributed by atoms with Gasteiger partial charge >= 0.3 is 0 Å². The maximum atomic E-state index is 12.9. The van der Waals surface area contributed by atoms with Gasteiger partial charge in [0.15, 0.2) is 0 Å². The van der Waals surface area contributed by atoms with Crippen molar-refractivity contribution in [2.24, 2.45) is 0 Å². The summed E-state index contributed by atoms with van der Waals surface area (Å²) in [7, 11) is -3.70. The Morgan fingerprint density at radius 1 is 1.06 bits per heavy atom. The second-order valence-electron chi connectivity index (χ2n) is 8.68. The van der Waals surface area contributed by atoms with E-state index in [-0.39, 0.29) is 10.8 Å². The molecule has 0 aliphatic carbocycles. The van der Waals surface area contributed by atoms with E-state index < -0.39 is 10.0 Å². The van der Waals surface area contributed by atoms with Crippen LogP contribution in [0.3, 0.4) is 0 Å². The normalized spacial score (nSPS) is 19.8. The molecule has 172 valence electrons. The fourth-order valence-electron chi connectivity index (χ4n) is 4.28. The minimum absolute atomic E-state index is 0.0225. The van der Waals surface area contributed by atoms with Crippen molar-refractivity contribution in [3.63, 3.8) is 0 Å². The van der Waals surface area contributed by atoms with Crippen molar-refractivity contribution in [3.8, 4) is 0 Å². The van der Waals surface area contributed by atoms with Gasteiger partial charge in [-0.3, -0.25) is 14.4 Å². The first-order chi connectivity index (χ1) is 15.3. The monoisotopic (exact) mass is 457 g/mol. The van der Waals surface area contributed by atoms with Crippen LogP contribution in [0.1, 0.15) is 34.3 Å². The molecular formula is C24H31N3O4S. The Kier molecular flexibility index (Phi) is 6.83. The number of hydrogen-bond acceptors (Lipinski definition) is 5. The summed E-state index contributed by atoms with van der Waals surface area (Å²) < 4.78 is 33.9. The van der Waals surface area contributed by atoms with Crippen molar-refractivity contribution in [1.29, 1.82) is 0 Å². The molecule has 7 nitrogen and oxygen atoms in total. The van der Waals surface area contributed by atoms with E-state index in [9.17, 15) is 13.2 Å². The molecule has 0 bridgehead atoms. The predicted molar refractivity (Wildman–Crippen MR) is 124 cm³/mol. The lowest BCUT2D eigenvalue weighted by Gasteiger charge is -2.35.